The van der Waals surface area contributed by atoms with Crippen LogP contribution >= 0.6 is 0 Å². The van der Waals surface area contributed by atoms with Crippen LogP contribution in [0.4, 0.5) is 0 Å². The normalized spacial score (nSPS) is 17.1. The van der Waals surface area contributed by atoms with E-state index in [1.807, 2.05) is 36.9 Å². The fraction of sp³-hybridized carbons (Fsp3) is 0.348. The highest BCUT2D eigenvalue weighted by molar-refractivity contribution is 5.97. The van der Waals surface area contributed by atoms with Crippen molar-refractivity contribution < 1.29 is 4.79 Å². The minimum atomic E-state index is -0.262. The number of benzene rings is 1. The van der Waals surface area contributed by atoms with E-state index in [0.29, 0.717) is 10.9 Å². The minimum absolute atomic E-state index is 0.00757. The summed E-state index contributed by atoms with van der Waals surface area (Å²) in [4.78, 5) is 37.6. The van der Waals surface area contributed by atoms with Crippen LogP contribution in [0.25, 0.3) is 10.9 Å². The molecule has 0 spiro atoms. The number of likely N-dealkylation sites (tertiary alicyclic amines) is 1. The number of fused-ring (bicyclic) bond motifs is 1. The topological polar surface area (TPSA) is 69.3 Å². The third-order valence-electron chi connectivity index (χ3n) is 5.59. The summed E-state index contributed by atoms with van der Waals surface area (Å²) in [5.74, 6) is -0.210. The molecule has 6 heteroatoms. The van der Waals surface area contributed by atoms with Gasteiger partial charge in [0.1, 0.15) is 5.56 Å². The minimum Gasteiger partial charge on any atom is -0.360 e. The number of H-pyrrole nitrogens is 1. The number of nitrogens with one attached hydrogen (secondary N) is 1. The largest absolute Gasteiger partial charge is 0.360 e. The van der Waals surface area contributed by atoms with Crippen molar-refractivity contribution in [1.29, 1.82) is 0 Å². The Balaban J connectivity index is 1.56. The summed E-state index contributed by atoms with van der Waals surface area (Å²) < 4.78 is 0. The summed E-state index contributed by atoms with van der Waals surface area (Å²) in [7, 11) is 0. The Bertz CT molecular complexity index is 1060. The zero-order chi connectivity index (χ0) is 20.4. The van der Waals surface area contributed by atoms with Crippen LogP contribution in [0.15, 0.2) is 59.8 Å². The van der Waals surface area contributed by atoms with Crippen molar-refractivity contribution in [2.75, 3.05) is 13.1 Å². The van der Waals surface area contributed by atoms with Crippen LogP contribution in [0.2, 0.25) is 0 Å². The molecule has 1 aliphatic rings. The Morgan fingerprint density at radius 2 is 2.07 bits per heavy atom. The summed E-state index contributed by atoms with van der Waals surface area (Å²) in [6.45, 7) is 6.64. The van der Waals surface area contributed by atoms with Gasteiger partial charge in [-0.1, -0.05) is 30.3 Å². The number of hydrogen-bond donors (Lipinski definition) is 1. The van der Waals surface area contributed by atoms with Gasteiger partial charge in [0.2, 0.25) is 5.43 Å². The fourth-order valence-corrected chi connectivity index (χ4v) is 4.21. The highest BCUT2D eigenvalue weighted by atomic mass is 16.2. The second-order valence-corrected chi connectivity index (χ2v) is 7.92. The maximum Gasteiger partial charge on any atom is 0.259 e. The summed E-state index contributed by atoms with van der Waals surface area (Å²) in [6, 6.07) is 12.2. The van der Waals surface area contributed by atoms with E-state index in [2.05, 4.69) is 27.0 Å². The molecule has 1 fully saturated rings. The van der Waals surface area contributed by atoms with Crippen molar-refractivity contribution in [1.82, 2.24) is 19.8 Å². The maximum absolute atomic E-state index is 13.4. The van der Waals surface area contributed by atoms with Gasteiger partial charge >= 0.3 is 0 Å². The maximum atomic E-state index is 13.4. The molecule has 3 aromatic rings. The van der Waals surface area contributed by atoms with Crippen LogP contribution in [0.1, 0.15) is 36.2 Å². The number of amides is 1. The molecule has 0 aliphatic carbocycles. The van der Waals surface area contributed by atoms with Gasteiger partial charge in [-0.05, 0) is 31.9 Å². The highest BCUT2D eigenvalue weighted by Crippen LogP contribution is 2.22. The Hall–Kier alpha value is -2.99. The van der Waals surface area contributed by atoms with Gasteiger partial charge in [-0.3, -0.25) is 19.5 Å². The quantitative estimate of drug-likeness (QED) is 0.727. The average Bonchev–Trinajstić information content (AvgIpc) is 3.16. The number of aromatic amines is 1. The molecule has 150 valence electrons. The van der Waals surface area contributed by atoms with Crippen molar-refractivity contribution in [3.8, 4) is 0 Å². The van der Waals surface area contributed by atoms with Crippen LogP contribution in [0, 0.1) is 0 Å². The van der Waals surface area contributed by atoms with Crippen LogP contribution in [0.5, 0.6) is 0 Å². The SMILES string of the molecule is CC(C)N(C(=O)c1c[nH]c2ccncc2c1=O)C1CCN(Cc2ccccc2)C1. The molecule has 0 radical (unpaired) electrons. The van der Waals surface area contributed by atoms with Crippen LogP contribution in [0.3, 0.4) is 0 Å². The second kappa shape index (κ2) is 8.17. The van der Waals surface area contributed by atoms with Crippen molar-refractivity contribution in [2.24, 2.45) is 0 Å². The van der Waals surface area contributed by atoms with Crippen LogP contribution in [-0.4, -0.2) is 50.8 Å². The van der Waals surface area contributed by atoms with Crippen molar-refractivity contribution >= 4 is 16.8 Å². The third kappa shape index (κ3) is 3.93. The molecule has 4 rings (SSSR count). The van der Waals surface area contributed by atoms with Gasteiger partial charge in [0, 0.05) is 50.3 Å². The zero-order valence-corrected chi connectivity index (χ0v) is 16.8. The molecule has 0 saturated carbocycles. The van der Waals surface area contributed by atoms with Gasteiger partial charge in [-0.2, -0.15) is 0 Å². The van der Waals surface area contributed by atoms with E-state index in [1.54, 1.807) is 18.5 Å². The van der Waals surface area contributed by atoms with E-state index in [0.717, 1.165) is 26.1 Å². The summed E-state index contributed by atoms with van der Waals surface area (Å²) in [5, 5.41) is 0.444. The van der Waals surface area contributed by atoms with Gasteiger partial charge in [-0.15, -0.1) is 0 Å². The smallest absolute Gasteiger partial charge is 0.259 e. The molecule has 2 aromatic heterocycles. The van der Waals surface area contributed by atoms with Crippen molar-refractivity contribution in [2.45, 2.75) is 38.9 Å². The molecular weight excluding hydrogens is 364 g/mol. The van der Waals surface area contributed by atoms with Gasteiger partial charge in [0.15, 0.2) is 0 Å². The van der Waals surface area contributed by atoms with Gasteiger partial charge < -0.3 is 9.88 Å². The number of hydrogen-bond acceptors (Lipinski definition) is 4. The Labute approximate surface area is 170 Å². The van der Waals surface area contributed by atoms with E-state index >= 15 is 0 Å². The number of aromatic nitrogens is 2. The molecular formula is C23H26N4O2. The van der Waals surface area contributed by atoms with Gasteiger partial charge in [0.05, 0.1) is 10.9 Å². The van der Waals surface area contributed by atoms with E-state index in [4.69, 9.17) is 0 Å². The third-order valence-corrected chi connectivity index (χ3v) is 5.59. The number of pyridine rings is 2. The second-order valence-electron chi connectivity index (χ2n) is 7.92. The number of carbonyl (C=O) groups excluding carboxylic acids is 1. The molecule has 0 bridgehead atoms. The Kier molecular flexibility index (Phi) is 5.45. The first-order valence-corrected chi connectivity index (χ1v) is 10.1. The van der Waals surface area contributed by atoms with Crippen molar-refractivity contribution in [3.05, 3.63) is 76.3 Å². The lowest BCUT2D eigenvalue weighted by Crippen LogP contribution is -2.47. The van der Waals surface area contributed by atoms with E-state index < -0.39 is 0 Å². The molecule has 1 N–H and O–H groups in total. The molecule has 1 saturated heterocycles. The molecule has 6 nitrogen and oxygen atoms in total. The van der Waals surface area contributed by atoms with Crippen LogP contribution < -0.4 is 5.43 Å². The predicted molar refractivity (Wildman–Crippen MR) is 114 cm³/mol. The van der Waals surface area contributed by atoms with Gasteiger partial charge in [0.25, 0.3) is 5.91 Å². The monoisotopic (exact) mass is 390 g/mol. The Morgan fingerprint density at radius 1 is 1.28 bits per heavy atom. The summed E-state index contributed by atoms with van der Waals surface area (Å²) in [5.41, 5.74) is 1.88. The van der Waals surface area contributed by atoms with Crippen LogP contribution in [-0.2, 0) is 6.54 Å². The number of nitrogens with zero attached hydrogens (tertiary/aromatic N) is 3. The summed E-state index contributed by atoms with van der Waals surface area (Å²) in [6.07, 6.45) is 5.59. The number of carbonyl (C=O) groups is 1. The van der Waals surface area contributed by atoms with Crippen molar-refractivity contribution in [3.63, 3.8) is 0 Å². The van der Waals surface area contributed by atoms with Gasteiger partial charge in [-0.25, -0.2) is 0 Å². The summed E-state index contributed by atoms with van der Waals surface area (Å²) >= 11 is 0. The van der Waals surface area contributed by atoms with E-state index in [-0.39, 0.29) is 29.0 Å². The molecule has 1 amide bonds. The lowest BCUT2D eigenvalue weighted by molar-refractivity contribution is 0.0612. The molecule has 1 unspecified atom stereocenters. The standard InChI is InChI=1S/C23H26N4O2/c1-16(2)27(18-9-11-26(15-18)14-17-6-4-3-5-7-17)23(29)20-13-25-21-8-10-24-12-19(21)22(20)28/h3-8,10,12-13,16,18H,9,11,14-15H2,1-2H3,(H,25,28). The average molecular weight is 390 g/mol. The fourth-order valence-electron chi connectivity index (χ4n) is 4.21. The molecule has 1 atom stereocenters. The Morgan fingerprint density at radius 3 is 2.83 bits per heavy atom. The zero-order valence-electron chi connectivity index (χ0n) is 16.8. The lowest BCUT2D eigenvalue weighted by atomic mass is 10.1. The lowest BCUT2D eigenvalue weighted by Gasteiger charge is -2.33. The highest BCUT2D eigenvalue weighted by Gasteiger charge is 2.33. The van der Waals surface area contributed by atoms with E-state index in [1.165, 1.54) is 11.8 Å². The predicted octanol–water partition coefficient (Wildman–Crippen LogP) is 3.05. The first-order valence-electron chi connectivity index (χ1n) is 10.1. The molecule has 29 heavy (non-hydrogen) atoms. The first-order chi connectivity index (χ1) is 14.0. The first kappa shape index (κ1) is 19.3. The number of rotatable bonds is 5. The molecule has 1 aromatic carbocycles. The molecule has 1 aliphatic heterocycles. The van der Waals surface area contributed by atoms with E-state index in [9.17, 15) is 9.59 Å². The molecule has 3 heterocycles.